The lowest BCUT2D eigenvalue weighted by atomic mass is 9.75. The molecule has 2 nitrogen and oxygen atoms in total. The molecular formula is C10H17NO. The van der Waals surface area contributed by atoms with Crippen LogP contribution >= 0.6 is 0 Å². The first kappa shape index (κ1) is 9.30. The van der Waals surface area contributed by atoms with Crippen LogP contribution in [0.5, 0.6) is 0 Å². The fraction of sp³-hybridized carbons (Fsp3) is 0.700. The van der Waals surface area contributed by atoms with Crippen LogP contribution in [0.2, 0.25) is 0 Å². The molecule has 0 aromatic heterocycles. The number of carbonyl (C=O) groups excluding carboxylic acids is 1. The SMILES string of the molecule is C=CC(=O)N1CC(CC)C1(C)C. The van der Waals surface area contributed by atoms with Gasteiger partial charge in [-0.05, 0) is 32.3 Å². The fourth-order valence-corrected chi connectivity index (χ4v) is 1.90. The predicted molar refractivity (Wildman–Crippen MR) is 49.8 cm³/mol. The van der Waals surface area contributed by atoms with E-state index >= 15 is 0 Å². The molecule has 68 valence electrons. The second kappa shape index (κ2) is 2.92. The van der Waals surface area contributed by atoms with Crippen LogP contribution in [0.25, 0.3) is 0 Å². The van der Waals surface area contributed by atoms with Gasteiger partial charge >= 0.3 is 0 Å². The van der Waals surface area contributed by atoms with Crippen molar-refractivity contribution in [3.63, 3.8) is 0 Å². The van der Waals surface area contributed by atoms with Gasteiger partial charge in [-0.25, -0.2) is 0 Å². The van der Waals surface area contributed by atoms with Crippen LogP contribution in [-0.4, -0.2) is 22.9 Å². The van der Waals surface area contributed by atoms with E-state index in [1.165, 1.54) is 6.08 Å². The Hall–Kier alpha value is -0.790. The third-order valence-electron chi connectivity index (χ3n) is 3.03. The van der Waals surface area contributed by atoms with Gasteiger partial charge in [-0.2, -0.15) is 0 Å². The predicted octanol–water partition coefficient (Wildman–Crippen LogP) is 1.82. The van der Waals surface area contributed by atoms with Crippen LogP contribution < -0.4 is 0 Å². The van der Waals surface area contributed by atoms with Crippen LogP contribution in [0, 0.1) is 5.92 Å². The normalized spacial score (nSPS) is 26.2. The van der Waals surface area contributed by atoms with Crippen molar-refractivity contribution < 1.29 is 4.79 Å². The molecule has 0 radical (unpaired) electrons. The lowest BCUT2D eigenvalue weighted by Crippen LogP contribution is -2.65. The van der Waals surface area contributed by atoms with Gasteiger partial charge < -0.3 is 4.90 Å². The number of nitrogens with zero attached hydrogens (tertiary/aromatic N) is 1. The van der Waals surface area contributed by atoms with Crippen molar-refractivity contribution >= 4 is 5.91 Å². The maximum Gasteiger partial charge on any atom is 0.246 e. The zero-order chi connectivity index (χ0) is 9.35. The summed E-state index contributed by atoms with van der Waals surface area (Å²) in [7, 11) is 0. The average Bonchev–Trinajstić information content (AvgIpc) is 2.03. The minimum Gasteiger partial charge on any atom is -0.333 e. The Kier molecular flexibility index (Phi) is 2.27. The smallest absolute Gasteiger partial charge is 0.246 e. The van der Waals surface area contributed by atoms with E-state index in [4.69, 9.17) is 0 Å². The Balaban J connectivity index is 2.64. The quantitative estimate of drug-likeness (QED) is 0.574. The Bertz CT molecular complexity index is 208. The van der Waals surface area contributed by atoms with E-state index in [0.717, 1.165) is 13.0 Å². The van der Waals surface area contributed by atoms with Crippen LogP contribution in [0.4, 0.5) is 0 Å². The van der Waals surface area contributed by atoms with Crippen molar-refractivity contribution in [2.75, 3.05) is 6.54 Å². The van der Waals surface area contributed by atoms with Gasteiger partial charge in [0.1, 0.15) is 0 Å². The summed E-state index contributed by atoms with van der Waals surface area (Å²) < 4.78 is 0. The van der Waals surface area contributed by atoms with Crippen LogP contribution in [-0.2, 0) is 4.79 Å². The number of hydrogen-bond acceptors (Lipinski definition) is 1. The molecule has 1 aliphatic heterocycles. The molecule has 1 saturated heterocycles. The Labute approximate surface area is 74.2 Å². The van der Waals surface area contributed by atoms with Crippen molar-refractivity contribution in [3.8, 4) is 0 Å². The minimum atomic E-state index is 0.0417. The first-order valence-corrected chi connectivity index (χ1v) is 4.48. The standard InChI is InChI=1S/C10H17NO/c1-5-8-7-11(9(12)6-2)10(8,3)4/h6,8H,2,5,7H2,1,3-4H3. The summed E-state index contributed by atoms with van der Waals surface area (Å²) in [5.41, 5.74) is 0.0417. The maximum absolute atomic E-state index is 11.3. The first-order chi connectivity index (χ1) is 5.54. The van der Waals surface area contributed by atoms with Gasteiger partial charge in [0, 0.05) is 12.1 Å². The summed E-state index contributed by atoms with van der Waals surface area (Å²) >= 11 is 0. The Morgan fingerprint density at radius 2 is 2.33 bits per heavy atom. The minimum absolute atomic E-state index is 0.0417. The zero-order valence-corrected chi connectivity index (χ0v) is 8.13. The van der Waals surface area contributed by atoms with Crippen molar-refractivity contribution in [1.29, 1.82) is 0 Å². The molecule has 0 N–H and O–H groups in total. The number of hydrogen-bond donors (Lipinski definition) is 0. The molecule has 0 bridgehead atoms. The summed E-state index contributed by atoms with van der Waals surface area (Å²) in [6.45, 7) is 10.8. The molecule has 0 saturated carbocycles. The Morgan fingerprint density at radius 1 is 1.75 bits per heavy atom. The largest absolute Gasteiger partial charge is 0.333 e. The molecule has 1 heterocycles. The molecule has 0 aromatic carbocycles. The van der Waals surface area contributed by atoms with Crippen LogP contribution in [0.15, 0.2) is 12.7 Å². The van der Waals surface area contributed by atoms with Gasteiger partial charge in [0.2, 0.25) is 5.91 Å². The number of amides is 1. The number of rotatable bonds is 2. The van der Waals surface area contributed by atoms with E-state index in [1.54, 1.807) is 0 Å². The first-order valence-electron chi connectivity index (χ1n) is 4.48. The highest BCUT2D eigenvalue weighted by atomic mass is 16.2. The number of likely N-dealkylation sites (tertiary alicyclic amines) is 1. The summed E-state index contributed by atoms with van der Waals surface area (Å²) in [6.07, 6.45) is 2.54. The molecule has 1 fully saturated rings. The summed E-state index contributed by atoms with van der Waals surface area (Å²) in [5.74, 6) is 0.714. The van der Waals surface area contributed by atoms with Gasteiger partial charge in [-0.15, -0.1) is 0 Å². The van der Waals surface area contributed by atoms with E-state index in [-0.39, 0.29) is 11.4 Å². The lowest BCUT2D eigenvalue weighted by molar-refractivity contribution is -0.147. The Morgan fingerprint density at radius 3 is 2.67 bits per heavy atom. The third kappa shape index (κ3) is 1.15. The summed E-state index contributed by atoms with van der Waals surface area (Å²) in [5, 5.41) is 0. The second-order valence-electron chi connectivity index (χ2n) is 3.91. The molecule has 0 spiro atoms. The lowest BCUT2D eigenvalue weighted by Gasteiger charge is -2.55. The van der Waals surface area contributed by atoms with Gasteiger partial charge in [-0.1, -0.05) is 13.5 Å². The third-order valence-corrected chi connectivity index (χ3v) is 3.03. The molecule has 1 atom stereocenters. The van der Waals surface area contributed by atoms with Crippen molar-refractivity contribution in [3.05, 3.63) is 12.7 Å². The molecule has 1 amide bonds. The maximum atomic E-state index is 11.3. The van der Waals surface area contributed by atoms with Gasteiger partial charge in [0.05, 0.1) is 0 Å². The molecule has 1 aliphatic rings. The van der Waals surface area contributed by atoms with E-state index in [0.29, 0.717) is 5.92 Å². The topological polar surface area (TPSA) is 20.3 Å². The zero-order valence-electron chi connectivity index (χ0n) is 8.13. The monoisotopic (exact) mass is 167 g/mol. The van der Waals surface area contributed by atoms with Crippen LogP contribution in [0.1, 0.15) is 27.2 Å². The second-order valence-corrected chi connectivity index (χ2v) is 3.91. The molecule has 1 rings (SSSR count). The number of carbonyl (C=O) groups is 1. The highest BCUT2D eigenvalue weighted by Gasteiger charge is 2.46. The summed E-state index contributed by atoms with van der Waals surface area (Å²) in [6, 6.07) is 0. The van der Waals surface area contributed by atoms with Gasteiger partial charge in [0.25, 0.3) is 0 Å². The molecule has 0 aromatic rings. The average molecular weight is 167 g/mol. The van der Waals surface area contributed by atoms with E-state index < -0.39 is 0 Å². The van der Waals surface area contributed by atoms with E-state index in [1.807, 2.05) is 4.90 Å². The van der Waals surface area contributed by atoms with E-state index in [2.05, 4.69) is 27.4 Å². The molecular weight excluding hydrogens is 150 g/mol. The van der Waals surface area contributed by atoms with Crippen LogP contribution in [0.3, 0.4) is 0 Å². The molecule has 2 heteroatoms. The highest BCUT2D eigenvalue weighted by molar-refractivity contribution is 5.88. The molecule has 12 heavy (non-hydrogen) atoms. The summed E-state index contributed by atoms with van der Waals surface area (Å²) in [4.78, 5) is 13.2. The van der Waals surface area contributed by atoms with E-state index in [9.17, 15) is 4.79 Å². The van der Waals surface area contributed by atoms with Gasteiger partial charge in [-0.3, -0.25) is 4.79 Å². The molecule has 1 unspecified atom stereocenters. The highest BCUT2D eigenvalue weighted by Crippen LogP contribution is 2.37. The fourth-order valence-electron chi connectivity index (χ4n) is 1.90. The molecule has 0 aliphatic carbocycles. The van der Waals surface area contributed by atoms with Crippen molar-refractivity contribution in [1.82, 2.24) is 4.90 Å². The van der Waals surface area contributed by atoms with Gasteiger partial charge in [0.15, 0.2) is 0 Å². The van der Waals surface area contributed by atoms with Crippen molar-refractivity contribution in [2.24, 2.45) is 5.92 Å². The van der Waals surface area contributed by atoms with Crippen molar-refractivity contribution in [2.45, 2.75) is 32.7 Å².